The van der Waals surface area contributed by atoms with E-state index in [-0.39, 0.29) is 0 Å². The average Bonchev–Trinajstić information content (AvgIpc) is 3.34. The van der Waals surface area contributed by atoms with Crippen LogP contribution in [0.1, 0.15) is 25.3 Å². The van der Waals surface area contributed by atoms with Crippen LogP contribution < -0.4 is 10.2 Å². The van der Waals surface area contributed by atoms with Gasteiger partial charge in [0.05, 0.1) is 28.1 Å². The summed E-state index contributed by atoms with van der Waals surface area (Å²) >= 11 is 6.75. The summed E-state index contributed by atoms with van der Waals surface area (Å²) in [5.74, 6) is 0. The van der Waals surface area contributed by atoms with E-state index < -0.39 is 0 Å². The number of rotatable bonds is 2. The van der Waals surface area contributed by atoms with Crippen molar-refractivity contribution < 1.29 is 0 Å². The van der Waals surface area contributed by atoms with Crippen molar-refractivity contribution in [1.29, 1.82) is 0 Å². The van der Waals surface area contributed by atoms with E-state index in [4.69, 9.17) is 21.6 Å². The fourth-order valence-electron chi connectivity index (χ4n) is 4.98. The molecule has 1 saturated heterocycles. The van der Waals surface area contributed by atoms with Gasteiger partial charge in [0.15, 0.2) is 5.65 Å². The first-order valence-electron chi connectivity index (χ1n) is 10.8. The monoisotopic (exact) mass is 432 g/mol. The van der Waals surface area contributed by atoms with Crippen LogP contribution in [-0.2, 0) is 7.05 Å². The number of hydrogen-bond donors (Lipinski definition) is 1. The lowest BCUT2D eigenvalue weighted by Crippen LogP contribution is -2.57. The van der Waals surface area contributed by atoms with Crippen molar-refractivity contribution >= 4 is 39.2 Å². The summed E-state index contributed by atoms with van der Waals surface area (Å²) < 4.78 is 1.84. The first-order valence-corrected chi connectivity index (χ1v) is 11.2. The molecule has 158 valence electrons. The van der Waals surface area contributed by atoms with Crippen LogP contribution in [0.4, 0.5) is 5.69 Å². The molecule has 0 radical (unpaired) electrons. The lowest BCUT2D eigenvalue weighted by molar-refractivity contribution is 0.372. The van der Waals surface area contributed by atoms with Crippen LogP contribution in [-0.4, -0.2) is 44.4 Å². The Labute approximate surface area is 186 Å². The molecule has 3 aromatic heterocycles. The summed E-state index contributed by atoms with van der Waals surface area (Å²) in [4.78, 5) is 12.0. The van der Waals surface area contributed by atoms with Gasteiger partial charge in [0.25, 0.3) is 0 Å². The maximum atomic E-state index is 6.75. The minimum Gasteiger partial charge on any atom is -0.367 e. The number of halogens is 1. The Balaban J connectivity index is 1.40. The molecule has 1 spiro atoms. The molecule has 6 nitrogen and oxygen atoms in total. The molecule has 1 N–H and O–H groups in total. The smallest absolute Gasteiger partial charge is 0.161 e. The second kappa shape index (κ2) is 6.65. The molecule has 2 fully saturated rings. The molecule has 0 bridgehead atoms. The molecule has 6 rings (SSSR count). The van der Waals surface area contributed by atoms with Crippen LogP contribution >= 0.6 is 11.6 Å². The first-order chi connectivity index (χ1) is 14.9. The van der Waals surface area contributed by atoms with Crippen LogP contribution in [0.15, 0.2) is 36.7 Å². The Hall–Kier alpha value is -2.70. The summed E-state index contributed by atoms with van der Waals surface area (Å²) in [6, 6.07) is 8.80. The molecule has 31 heavy (non-hydrogen) atoms. The van der Waals surface area contributed by atoms with Gasteiger partial charge in [0.1, 0.15) is 0 Å². The normalized spacial score (nSPS) is 20.1. The Kier molecular flexibility index (Phi) is 4.08. The first kappa shape index (κ1) is 19.0. The van der Waals surface area contributed by atoms with Crippen LogP contribution in [0.25, 0.3) is 33.2 Å². The van der Waals surface area contributed by atoms with Crippen molar-refractivity contribution in [2.45, 2.75) is 38.3 Å². The summed E-state index contributed by atoms with van der Waals surface area (Å²) in [5.41, 5.74) is 6.09. The molecule has 0 unspecified atom stereocenters. The van der Waals surface area contributed by atoms with Gasteiger partial charge in [-0.2, -0.15) is 5.10 Å². The van der Waals surface area contributed by atoms with Crippen LogP contribution in [0.5, 0.6) is 0 Å². The predicted octanol–water partition coefficient (Wildman–Crippen LogP) is 4.48. The Morgan fingerprint density at radius 3 is 2.84 bits per heavy atom. The van der Waals surface area contributed by atoms with Crippen molar-refractivity contribution in [1.82, 2.24) is 25.1 Å². The molecule has 1 saturated carbocycles. The largest absolute Gasteiger partial charge is 0.367 e. The lowest BCUT2D eigenvalue weighted by atomic mass is 10.0. The Morgan fingerprint density at radius 2 is 2.03 bits per heavy atom. The molecule has 2 aliphatic rings. The number of anilines is 1. The van der Waals surface area contributed by atoms with Gasteiger partial charge in [-0.25, -0.2) is 9.97 Å². The van der Waals surface area contributed by atoms with Gasteiger partial charge >= 0.3 is 0 Å². The number of piperazine rings is 1. The summed E-state index contributed by atoms with van der Waals surface area (Å²) in [6.45, 7) is 6.33. The van der Waals surface area contributed by atoms with Crippen molar-refractivity contribution in [2.24, 2.45) is 7.05 Å². The highest BCUT2D eigenvalue weighted by Gasteiger charge is 2.47. The fraction of sp³-hybridized carbons (Fsp3) is 0.375. The molecule has 1 aromatic carbocycles. The third-order valence-corrected chi connectivity index (χ3v) is 6.88. The minimum atomic E-state index is 0.293. The summed E-state index contributed by atoms with van der Waals surface area (Å²) in [5, 5.41) is 11.0. The number of hydrogen-bond acceptors (Lipinski definition) is 5. The Morgan fingerprint density at radius 1 is 1.19 bits per heavy atom. The Bertz CT molecular complexity index is 1340. The predicted molar refractivity (Wildman–Crippen MR) is 126 cm³/mol. The summed E-state index contributed by atoms with van der Waals surface area (Å²) in [6.07, 6.45) is 6.47. The molecule has 1 aliphatic carbocycles. The number of aromatic nitrogens is 4. The number of pyridine rings is 2. The average molecular weight is 433 g/mol. The van der Waals surface area contributed by atoms with Crippen LogP contribution in [0.3, 0.4) is 0 Å². The number of aryl methyl sites for hydroxylation is 2. The van der Waals surface area contributed by atoms with E-state index in [0.29, 0.717) is 22.3 Å². The van der Waals surface area contributed by atoms with E-state index in [1.165, 1.54) is 12.8 Å². The molecule has 4 aromatic rings. The zero-order chi connectivity index (χ0) is 21.3. The highest BCUT2D eigenvalue weighted by atomic mass is 35.5. The van der Waals surface area contributed by atoms with Gasteiger partial charge in [0, 0.05) is 54.3 Å². The van der Waals surface area contributed by atoms with Gasteiger partial charge in [-0.05, 0) is 56.5 Å². The zero-order valence-corrected chi connectivity index (χ0v) is 18.7. The van der Waals surface area contributed by atoms with E-state index in [0.717, 1.165) is 51.9 Å². The van der Waals surface area contributed by atoms with Crippen molar-refractivity contribution in [2.75, 3.05) is 18.0 Å². The standard InChI is InChI=1S/C24H25ClN6/c1-14-6-16(7-17-12-30(3)29-22(14)17)21-9-20(25)19-8-18(10-26-23(19)27-21)31-11-15(2)28-24(13-31)4-5-24/h6-10,12,15,28H,4-5,11,13H2,1-3H3/t15-/m0/s1. The zero-order valence-electron chi connectivity index (χ0n) is 18.0. The number of nitrogens with one attached hydrogen (secondary N) is 1. The van der Waals surface area contributed by atoms with Gasteiger partial charge in [0.2, 0.25) is 0 Å². The van der Waals surface area contributed by atoms with E-state index in [1.54, 1.807) is 0 Å². The highest BCUT2D eigenvalue weighted by molar-refractivity contribution is 6.35. The molecule has 1 atom stereocenters. The van der Waals surface area contributed by atoms with Crippen molar-refractivity contribution in [3.63, 3.8) is 0 Å². The lowest BCUT2D eigenvalue weighted by Gasteiger charge is -2.39. The second-order valence-corrected chi connectivity index (χ2v) is 9.70. The molecular weight excluding hydrogens is 408 g/mol. The van der Waals surface area contributed by atoms with Gasteiger partial charge < -0.3 is 10.2 Å². The van der Waals surface area contributed by atoms with Gasteiger partial charge in [-0.1, -0.05) is 11.6 Å². The third kappa shape index (κ3) is 3.25. The van der Waals surface area contributed by atoms with Crippen molar-refractivity contribution in [3.8, 4) is 11.3 Å². The third-order valence-electron chi connectivity index (χ3n) is 6.57. The minimum absolute atomic E-state index is 0.293. The van der Waals surface area contributed by atoms with E-state index in [9.17, 15) is 0 Å². The fourth-order valence-corrected chi connectivity index (χ4v) is 5.22. The SMILES string of the molecule is Cc1cc(-c2cc(Cl)c3cc(N4C[C@H](C)NC5(CC5)C4)cnc3n2)cc2cn(C)nc12. The van der Waals surface area contributed by atoms with Crippen LogP contribution in [0.2, 0.25) is 5.02 Å². The second-order valence-electron chi connectivity index (χ2n) is 9.29. The number of fused-ring (bicyclic) bond motifs is 2. The maximum absolute atomic E-state index is 6.75. The topological polar surface area (TPSA) is 58.9 Å². The van der Waals surface area contributed by atoms with Crippen molar-refractivity contribution in [3.05, 3.63) is 47.2 Å². The number of nitrogens with zero attached hydrogens (tertiary/aromatic N) is 5. The molecule has 4 heterocycles. The van der Waals surface area contributed by atoms with Crippen LogP contribution in [0, 0.1) is 6.92 Å². The quantitative estimate of drug-likeness (QED) is 0.506. The molecular formula is C24H25ClN6. The van der Waals surface area contributed by atoms with Gasteiger partial charge in [-0.3, -0.25) is 4.68 Å². The van der Waals surface area contributed by atoms with E-state index >= 15 is 0 Å². The number of benzene rings is 1. The van der Waals surface area contributed by atoms with E-state index in [2.05, 4.69) is 47.4 Å². The highest BCUT2D eigenvalue weighted by Crippen LogP contribution is 2.40. The van der Waals surface area contributed by atoms with Gasteiger partial charge in [-0.15, -0.1) is 0 Å². The maximum Gasteiger partial charge on any atom is 0.161 e. The summed E-state index contributed by atoms with van der Waals surface area (Å²) in [7, 11) is 1.94. The molecule has 0 amide bonds. The molecule has 7 heteroatoms. The molecule has 1 aliphatic heterocycles. The van der Waals surface area contributed by atoms with E-state index in [1.807, 2.05) is 30.2 Å².